The van der Waals surface area contributed by atoms with Crippen molar-refractivity contribution in [2.45, 2.75) is 12.1 Å². The molecule has 1 atom stereocenters. The molecule has 1 aromatic rings. The van der Waals surface area contributed by atoms with Gasteiger partial charge in [-0.25, -0.2) is 0 Å². The molecule has 0 fully saturated rings. The smallest absolute Gasteiger partial charge is 0.309 e. The monoisotopic (exact) mass is 215 g/mol. The van der Waals surface area contributed by atoms with Gasteiger partial charge in [0.2, 0.25) is 0 Å². The van der Waals surface area contributed by atoms with E-state index in [4.69, 9.17) is 0 Å². The van der Waals surface area contributed by atoms with Crippen LogP contribution in [0.1, 0.15) is 6.92 Å². The van der Waals surface area contributed by atoms with E-state index in [0.717, 1.165) is 5.16 Å². The summed E-state index contributed by atoms with van der Waals surface area (Å²) in [6, 6.07) is 0. The van der Waals surface area contributed by atoms with E-state index in [1.807, 2.05) is 18.5 Å². The summed E-state index contributed by atoms with van der Waals surface area (Å²) < 4.78 is 6.43. The van der Waals surface area contributed by atoms with E-state index in [0.29, 0.717) is 5.75 Å². The Morgan fingerprint density at radius 3 is 3.00 bits per heavy atom. The number of hydrogen-bond acceptors (Lipinski definition) is 5. The van der Waals surface area contributed by atoms with Crippen LogP contribution in [0, 0.1) is 5.92 Å². The lowest BCUT2D eigenvalue weighted by molar-refractivity contribution is -0.143. The van der Waals surface area contributed by atoms with Gasteiger partial charge in [-0.2, -0.15) is 0 Å². The van der Waals surface area contributed by atoms with Gasteiger partial charge in [0.05, 0.1) is 13.0 Å². The van der Waals surface area contributed by atoms with Crippen LogP contribution < -0.4 is 0 Å². The third kappa shape index (κ3) is 2.73. The molecule has 0 saturated carbocycles. The third-order valence-corrected chi connectivity index (χ3v) is 3.03. The number of carbonyl (C=O) groups excluding carboxylic acids is 1. The standard InChI is InChI=1S/C8H13N3O2S/c1-6(7(12)13-3)4-14-8-10-9-5-11(8)2/h5-6H,4H2,1-3H3. The highest BCUT2D eigenvalue weighted by Crippen LogP contribution is 2.17. The molecule has 0 saturated heterocycles. The highest BCUT2D eigenvalue weighted by atomic mass is 32.2. The highest BCUT2D eigenvalue weighted by molar-refractivity contribution is 7.99. The molecule has 0 bridgehead atoms. The lowest BCUT2D eigenvalue weighted by Gasteiger charge is -2.07. The Bertz CT molecular complexity index is 313. The number of methoxy groups -OCH3 is 1. The van der Waals surface area contributed by atoms with E-state index in [2.05, 4.69) is 14.9 Å². The molecular weight excluding hydrogens is 202 g/mol. The van der Waals surface area contributed by atoms with E-state index in [-0.39, 0.29) is 11.9 Å². The Morgan fingerprint density at radius 2 is 2.50 bits per heavy atom. The predicted molar refractivity (Wildman–Crippen MR) is 52.9 cm³/mol. The molecule has 0 amide bonds. The van der Waals surface area contributed by atoms with E-state index in [9.17, 15) is 4.79 Å². The molecule has 1 aromatic heterocycles. The van der Waals surface area contributed by atoms with Gasteiger partial charge in [-0.05, 0) is 0 Å². The van der Waals surface area contributed by atoms with Gasteiger partial charge in [-0.15, -0.1) is 10.2 Å². The second kappa shape index (κ2) is 4.99. The SMILES string of the molecule is COC(=O)C(C)CSc1nncn1C. The van der Waals surface area contributed by atoms with Gasteiger partial charge < -0.3 is 9.30 Å². The molecule has 1 unspecified atom stereocenters. The summed E-state index contributed by atoms with van der Waals surface area (Å²) in [6.07, 6.45) is 1.63. The van der Waals surface area contributed by atoms with Crippen molar-refractivity contribution in [1.82, 2.24) is 14.8 Å². The number of rotatable bonds is 4. The Labute approximate surface area is 86.8 Å². The van der Waals surface area contributed by atoms with E-state index < -0.39 is 0 Å². The number of ether oxygens (including phenoxy) is 1. The molecule has 0 aliphatic rings. The average Bonchev–Trinajstić information content (AvgIpc) is 2.59. The van der Waals surface area contributed by atoms with Gasteiger partial charge in [-0.3, -0.25) is 4.79 Å². The van der Waals surface area contributed by atoms with Crippen LogP contribution >= 0.6 is 11.8 Å². The van der Waals surface area contributed by atoms with Crippen LogP contribution in [-0.4, -0.2) is 33.6 Å². The maximum Gasteiger partial charge on any atom is 0.309 e. The van der Waals surface area contributed by atoms with Crippen molar-refractivity contribution in [1.29, 1.82) is 0 Å². The zero-order valence-corrected chi connectivity index (χ0v) is 9.24. The summed E-state index contributed by atoms with van der Waals surface area (Å²) in [5.74, 6) is 0.334. The molecular formula is C8H13N3O2S. The molecule has 6 heteroatoms. The quantitative estimate of drug-likeness (QED) is 0.547. The molecule has 0 aliphatic heterocycles. The number of nitrogens with zero attached hydrogens (tertiary/aromatic N) is 3. The van der Waals surface area contributed by atoms with Crippen LogP contribution in [0.25, 0.3) is 0 Å². The van der Waals surface area contributed by atoms with Crippen LogP contribution in [0.5, 0.6) is 0 Å². The summed E-state index contributed by atoms with van der Waals surface area (Å²) in [5, 5.41) is 8.44. The van der Waals surface area contributed by atoms with Crippen molar-refractivity contribution in [3.05, 3.63) is 6.33 Å². The molecule has 0 radical (unpaired) electrons. The minimum Gasteiger partial charge on any atom is -0.469 e. The van der Waals surface area contributed by atoms with E-state index in [1.54, 1.807) is 6.33 Å². The summed E-state index contributed by atoms with van der Waals surface area (Å²) >= 11 is 1.49. The van der Waals surface area contributed by atoms with Crippen LogP contribution in [-0.2, 0) is 16.6 Å². The molecule has 0 spiro atoms. The van der Waals surface area contributed by atoms with E-state index >= 15 is 0 Å². The molecule has 14 heavy (non-hydrogen) atoms. The zero-order chi connectivity index (χ0) is 10.6. The summed E-state index contributed by atoms with van der Waals surface area (Å²) in [6.45, 7) is 1.83. The van der Waals surface area contributed by atoms with Crippen LogP contribution in [0.3, 0.4) is 0 Å². The van der Waals surface area contributed by atoms with Gasteiger partial charge in [-0.1, -0.05) is 18.7 Å². The van der Waals surface area contributed by atoms with Crippen LogP contribution in [0.2, 0.25) is 0 Å². The first-order chi connectivity index (χ1) is 6.65. The average molecular weight is 215 g/mol. The largest absolute Gasteiger partial charge is 0.469 e. The Balaban J connectivity index is 2.41. The van der Waals surface area contributed by atoms with Gasteiger partial charge >= 0.3 is 5.97 Å². The highest BCUT2D eigenvalue weighted by Gasteiger charge is 2.14. The van der Waals surface area contributed by atoms with Crippen LogP contribution in [0.15, 0.2) is 11.5 Å². The number of hydrogen-bond donors (Lipinski definition) is 0. The predicted octanol–water partition coefficient (Wildman–Crippen LogP) is 0.716. The van der Waals surface area contributed by atoms with Gasteiger partial charge in [0.25, 0.3) is 0 Å². The number of aromatic nitrogens is 3. The normalized spacial score (nSPS) is 12.5. The fourth-order valence-electron chi connectivity index (χ4n) is 0.872. The Kier molecular flexibility index (Phi) is 3.94. The van der Waals surface area contributed by atoms with Crippen molar-refractivity contribution in [3.63, 3.8) is 0 Å². The van der Waals surface area contributed by atoms with Crippen molar-refractivity contribution >= 4 is 17.7 Å². The summed E-state index contributed by atoms with van der Waals surface area (Å²) in [4.78, 5) is 11.1. The third-order valence-electron chi connectivity index (χ3n) is 1.74. The molecule has 0 aliphatic carbocycles. The van der Waals surface area contributed by atoms with Gasteiger partial charge in [0, 0.05) is 12.8 Å². The fourth-order valence-corrected chi connectivity index (χ4v) is 1.76. The van der Waals surface area contributed by atoms with Crippen molar-refractivity contribution in [2.24, 2.45) is 13.0 Å². The van der Waals surface area contributed by atoms with Gasteiger partial charge in [0.15, 0.2) is 5.16 Å². The zero-order valence-electron chi connectivity index (χ0n) is 8.43. The van der Waals surface area contributed by atoms with E-state index in [1.165, 1.54) is 18.9 Å². The van der Waals surface area contributed by atoms with Gasteiger partial charge in [0.1, 0.15) is 6.33 Å². The fraction of sp³-hybridized carbons (Fsp3) is 0.625. The first-order valence-corrected chi connectivity index (χ1v) is 5.18. The lowest BCUT2D eigenvalue weighted by Crippen LogP contribution is -2.15. The Hall–Kier alpha value is -1.04. The van der Waals surface area contributed by atoms with Crippen LogP contribution in [0.4, 0.5) is 0 Å². The first kappa shape index (κ1) is 11.0. The second-order valence-corrected chi connectivity index (χ2v) is 3.95. The molecule has 1 rings (SSSR count). The summed E-state index contributed by atoms with van der Waals surface area (Å²) in [7, 11) is 3.26. The van der Waals surface area contributed by atoms with Crippen molar-refractivity contribution < 1.29 is 9.53 Å². The Morgan fingerprint density at radius 1 is 1.79 bits per heavy atom. The van der Waals surface area contributed by atoms with Crippen molar-refractivity contribution in [3.8, 4) is 0 Å². The topological polar surface area (TPSA) is 57.0 Å². The molecule has 78 valence electrons. The summed E-state index contributed by atoms with van der Waals surface area (Å²) in [5.41, 5.74) is 0. The molecule has 1 heterocycles. The maximum atomic E-state index is 11.1. The minimum atomic E-state index is -0.195. The van der Waals surface area contributed by atoms with Crippen molar-refractivity contribution in [2.75, 3.05) is 12.9 Å². The number of aryl methyl sites for hydroxylation is 1. The maximum absolute atomic E-state index is 11.1. The molecule has 0 N–H and O–H groups in total. The minimum absolute atomic E-state index is 0.123. The number of esters is 1. The molecule has 5 nitrogen and oxygen atoms in total. The lowest BCUT2D eigenvalue weighted by atomic mass is 10.2. The first-order valence-electron chi connectivity index (χ1n) is 4.19. The number of thioether (sulfide) groups is 1. The second-order valence-electron chi connectivity index (χ2n) is 2.96. The molecule has 0 aromatic carbocycles. The number of carbonyl (C=O) groups is 1.